The fraction of sp³-hybridized carbons (Fsp3) is 0.154. The summed E-state index contributed by atoms with van der Waals surface area (Å²) in [5.74, 6) is 1.51. The summed E-state index contributed by atoms with van der Waals surface area (Å²) < 4.78 is 2.87. The fourth-order valence-corrected chi connectivity index (χ4v) is 2.74. The molecule has 0 amide bonds. The Hall–Kier alpha value is -1.46. The van der Waals surface area contributed by atoms with Crippen LogP contribution in [0, 0.1) is 6.92 Å². The zero-order valence-corrected chi connectivity index (χ0v) is 12.7. The fourth-order valence-electron chi connectivity index (χ4n) is 1.98. The van der Waals surface area contributed by atoms with E-state index < -0.39 is 0 Å². The van der Waals surface area contributed by atoms with Crippen molar-refractivity contribution in [3.8, 4) is 11.4 Å². The molecule has 0 saturated heterocycles. The van der Waals surface area contributed by atoms with Crippen LogP contribution in [0.15, 0.2) is 28.9 Å². The predicted molar refractivity (Wildman–Crippen MR) is 79.2 cm³/mol. The maximum absolute atomic E-state index is 6.28. The average Bonchev–Trinajstić information content (AvgIpc) is 2.67. The molecule has 0 N–H and O–H groups in total. The minimum Gasteiger partial charge on any atom is -0.312 e. The van der Waals surface area contributed by atoms with Crippen molar-refractivity contribution in [1.29, 1.82) is 0 Å². The van der Waals surface area contributed by atoms with Crippen molar-refractivity contribution in [3.05, 3.63) is 39.7 Å². The Labute approximate surface area is 123 Å². The van der Waals surface area contributed by atoms with E-state index >= 15 is 0 Å². The summed E-state index contributed by atoms with van der Waals surface area (Å²) in [6, 6.07) is 5.73. The second-order valence-electron chi connectivity index (χ2n) is 4.24. The standard InChI is InChI=1S/C13H10BrClN4/c1-7-16-6-11-13(17-7)19(2)12(18-11)9-4-3-8(14)5-10(9)15/h3-6H,1-2H3. The quantitative estimate of drug-likeness (QED) is 0.679. The van der Waals surface area contributed by atoms with Gasteiger partial charge in [-0.1, -0.05) is 27.5 Å². The molecule has 0 aliphatic rings. The number of hydrogen-bond donors (Lipinski definition) is 0. The minimum atomic E-state index is 0.650. The van der Waals surface area contributed by atoms with E-state index in [0.29, 0.717) is 5.02 Å². The number of aromatic nitrogens is 4. The van der Waals surface area contributed by atoms with Crippen LogP contribution >= 0.6 is 27.5 Å². The lowest BCUT2D eigenvalue weighted by Crippen LogP contribution is -1.96. The Morgan fingerprint density at radius 3 is 2.79 bits per heavy atom. The SMILES string of the molecule is Cc1ncc2nc(-c3ccc(Br)cc3Cl)n(C)c2n1. The second-order valence-corrected chi connectivity index (χ2v) is 5.57. The molecule has 0 radical (unpaired) electrons. The normalized spacial score (nSPS) is 11.2. The van der Waals surface area contributed by atoms with Gasteiger partial charge in [0.05, 0.1) is 11.2 Å². The van der Waals surface area contributed by atoms with Crippen LogP contribution in [0.3, 0.4) is 0 Å². The van der Waals surface area contributed by atoms with Crippen LogP contribution in [0.2, 0.25) is 5.02 Å². The van der Waals surface area contributed by atoms with Crippen LogP contribution in [-0.2, 0) is 7.05 Å². The first-order valence-electron chi connectivity index (χ1n) is 5.68. The molecular formula is C13H10BrClN4. The van der Waals surface area contributed by atoms with Gasteiger partial charge in [-0.15, -0.1) is 0 Å². The maximum Gasteiger partial charge on any atom is 0.163 e. The molecule has 0 aliphatic heterocycles. The number of aryl methyl sites for hydroxylation is 2. The summed E-state index contributed by atoms with van der Waals surface area (Å²) in [5, 5.41) is 0.650. The lowest BCUT2D eigenvalue weighted by Gasteiger charge is -2.04. The van der Waals surface area contributed by atoms with E-state index in [0.717, 1.165) is 32.8 Å². The molecule has 19 heavy (non-hydrogen) atoms. The molecule has 2 heterocycles. The second kappa shape index (κ2) is 4.58. The Balaban J connectivity index is 2.28. The van der Waals surface area contributed by atoms with Crippen LogP contribution in [0.5, 0.6) is 0 Å². The van der Waals surface area contributed by atoms with E-state index in [2.05, 4.69) is 30.9 Å². The van der Waals surface area contributed by atoms with Crippen molar-refractivity contribution < 1.29 is 0 Å². The van der Waals surface area contributed by atoms with E-state index in [1.54, 1.807) is 6.20 Å². The van der Waals surface area contributed by atoms with E-state index in [1.165, 1.54) is 0 Å². The van der Waals surface area contributed by atoms with Gasteiger partial charge in [-0.05, 0) is 25.1 Å². The molecule has 0 unspecified atom stereocenters. The first kappa shape index (κ1) is 12.6. The van der Waals surface area contributed by atoms with Gasteiger partial charge in [-0.2, -0.15) is 0 Å². The van der Waals surface area contributed by atoms with Crippen molar-refractivity contribution >= 4 is 38.7 Å². The molecule has 0 bridgehead atoms. The van der Waals surface area contributed by atoms with Gasteiger partial charge in [0.15, 0.2) is 5.65 Å². The molecule has 0 fully saturated rings. The number of benzene rings is 1. The highest BCUT2D eigenvalue weighted by molar-refractivity contribution is 9.10. The predicted octanol–water partition coefficient (Wildman–Crippen LogP) is 3.75. The van der Waals surface area contributed by atoms with Crippen molar-refractivity contribution in [2.75, 3.05) is 0 Å². The number of nitrogens with zero attached hydrogens (tertiary/aromatic N) is 4. The summed E-state index contributed by atoms with van der Waals surface area (Å²) in [6.07, 6.45) is 1.73. The van der Waals surface area contributed by atoms with Crippen molar-refractivity contribution in [3.63, 3.8) is 0 Å². The van der Waals surface area contributed by atoms with Gasteiger partial charge in [0.25, 0.3) is 0 Å². The molecule has 4 nitrogen and oxygen atoms in total. The van der Waals surface area contributed by atoms with Crippen LogP contribution in [0.25, 0.3) is 22.6 Å². The highest BCUT2D eigenvalue weighted by atomic mass is 79.9. The van der Waals surface area contributed by atoms with Crippen molar-refractivity contribution in [2.24, 2.45) is 7.05 Å². The molecule has 96 valence electrons. The van der Waals surface area contributed by atoms with Gasteiger partial charge in [0.1, 0.15) is 17.2 Å². The third-order valence-corrected chi connectivity index (χ3v) is 3.71. The molecule has 0 aliphatic carbocycles. The van der Waals surface area contributed by atoms with Crippen LogP contribution in [-0.4, -0.2) is 19.5 Å². The Morgan fingerprint density at radius 1 is 1.26 bits per heavy atom. The lowest BCUT2D eigenvalue weighted by atomic mass is 10.2. The Kier molecular flexibility index (Phi) is 3.03. The molecule has 3 rings (SSSR count). The molecule has 6 heteroatoms. The highest BCUT2D eigenvalue weighted by Crippen LogP contribution is 2.31. The van der Waals surface area contributed by atoms with Gasteiger partial charge >= 0.3 is 0 Å². The monoisotopic (exact) mass is 336 g/mol. The molecular weight excluding hydrogens is 328 g/mol. The van der Waals surface area contributed by atoms with Crippen LogP contribution in [0.1, 0.15) is 5.82 Å². The first-order valence-corrected chi connectivity index (χ1v) is 6.85. The molecule has 0 spiro atoms. The zero-order chi connectivity index (χ0) is 13.6. The summed E-state index contributed by atoms with van der Waals surface area (Å²) >= 11 is 9.67. The summed E-state index contributed by atoms with van der Waals surface area (Å²) in [4.78, 5) is 13.1. The van der Waals surface area contributed by atoms with Gasteiger partial charge < -0.3 is 4.57 Å². The Morgan fingerprint density at radius 2 is 2.05 bits per heavy atom. The highest BCUT2D eigenvalue weighted by Gasteiger charge is 2.14. The molecule has 0 saturated carbocycles. The maximum atomic E-state index is 6.28. The lowest BCUT2D eigenvalue weighted by molar-refractivity contribution is 0.929. The number of imidazole rings is 1. The molecule has 3 aromatic rings. The number of hydrogen-bond acceptors (Lipinski definition) is 3. The number of fused-ring (bicyclic) bond motifs is 1. The number of rotatable bonds is 1. The molecule has 1 aromatic carbocycles. The largest absolute Gasteiger partial charge is 0.312 e. The van der Waals surface area contributed by atoms with E-state index in [1.807, 2.05) is 36.7 Å². The summed E-state index contributed by atoms with van der Waals surface area (Å²) in [5.41, 5.74) is 2.45. The van der Waals surface area contributed by atoms with Gasteiger partial charge in [-0.25, -0.2) is 15.0 Å². The zero-order valence-electron chi connectivity index (χ0n) is 10.4. The van der Waals surface area contributed by atoms with Crippen molar-refractivity contribution in [2.45, 2.75) is 6.92 Å². The third-order valence-electron chi connectivity index (χ3n) is 2.90. The summed E-state index contributed by atoms with van der Waals surface area (Å²) in [6.45, 7) is 1.86. The average molecular weight is 338 g/mol. The Bertz CT molecular complexity index is 782. The smallest absolute Gasteiger partial charge is 0.163 e. The van der Waals surface area contributed by atoms with E-state index in [4.69, 9.17) is 11.6 Å². The van der Waals surface area contributed by atoms with Gasteiger partial charge in [0, 0.05) is 17.1 Å². The van der Waals surface area contributed by atoms with Gasteiger partial charge in [-0.3, -0.25) is 0 Å². The topological polar surface area (TPSA) is 43.6 Å². The van der Waals surface area contributed by atoms with E-state index in [-0.39, 0.29) is 0 Å². The van der Waals surface area contributed by atoms with Crippen molar-refractivity contribution in [1.82, 2.24) is 19.5 Å². The van der Waals surface area contributed by atoms with Gasteiger partial charge in [0.2, 0.25) is 0 Å². The first-order chi connectivity index (χ1) is 9.06. The van der Waals surface area contributed by atoms with Crippen LogP contribution < -0.4 is 0 Å². The molecule has 0 atom stereocenters. The van der Waals surface area contributed by atoms with Crippen LogP contribution in [0.4, 0.5) is 0 Å². The minimum absolute atomic E-state index is 0.650. The molecule has 2 aromatic heterocycles. The third kappa shape index (κ3) is 2.13. The number of halogens is 2. The van der Waals surface area contributed by atoms with E-state index in [9.17, 15) is 0 Å². The summed E-state index contributed by atoms with van der Waals surface area (Å²) in [7, 11) is 1.93.